The summed E-state index contributed by atoms with van der Waals surface area (Å²) in [6.45, 7) is 5.73. The molecular weight excluding hydrogens is 233 g/mol. The van der Waals surface area contributed by atoms with E-state index in [0.717, 1.165) is 18.9 Å². The Morgan fingerprint density at radius 3 is 2.60 bits per heavy atom. The first-order valence-corrected chi connectivity index (χ1v) is 6.03. The molecule has 0 spiro atoms. The van der Waals surface area contributed by atoms with E-state index in [1.165, 1.54) is 0 Å². The highest BCUT2D eigenvalue weighted by molar-refractivity contribution is 6.22. The molecule has 1 aromatic heterocycles. The molecule has 0 saturated carbocycles. The van der Waals surface area contributed by atoms with Crippen molar-refractivity contribution in [3.63, 3.8) is 0 Å². The molecule has 0 amide bonds. The summed E-state index contributed by atoms with van der Waals surface area (Å²) in [5.74, 6) is 2.05. The molecule has 5 heteroatoms. The van der Waals surface area contributed by atoms with Gasteiger partial charge in [-0.3, -0.25) is 0 Å². The lowest BCUT2D eigenvalue weighted by Crippen LogP contribution is -2.47. The average molecular weight is 250 g/mol. The summed E-state index contributed by atoms with van der Waals surface area (Å²) in [5.41, 5.74) is -0.183. The maximum absolute atomic E-state index is 5.83. The third-order valence-corrected chi connectivity index (χ3v) is 3.60. The lowest BCUT2D eigenvalue weighted by molar-refractivity contribution is 0.420. The van der Waals surface area contributed by atoms with Crippen LogP contribution in [-0.2, 0) is 6.54 Å². The topological polar surface area (TPSA) is 29.9 Å². The average Bonchev–Trinajstić information content (AvgIpc) is 2.64. The molecule has 15 heavy (non-hydrogen) atoms. The Kier molecular flexibility index (Phi) is 4.90. The number of imidazole rings is 1. The van der Waals surface area contributed by atoms with Gasteiger partial charge in [0.2, 0.25) is 0 Å². The van der Waals surface area contributed by atoms with Crippen molar-refractivity contribution < 1.29 is 0 Å². The van der Waals surface area contributed by atoms with Crippen LogP contribution in [0.25, 0.3) is 0 Å². The second kappa shape index (κ2) is 5.73. The monoisotopic (exact) mass is 249 g/mol. The molecule has 0 radical (unpaired) electrons. The smallest absolute Gasteiger partial charge is 0.105 e. The van der Waals surface area contributed by atoms with Crippen molar-refractivity contribution in [1.82, 2.24) is 14.9 Å². The first-order valence-electron chi connectivity index (χ1n) is 4.96. The van der Waals surface area contributed by atoms with Crippen molar-refractivity contribution in [1.29, 1.82) is 0 Å². The molecule has 3 nitrogen and oxygen atoms in total. The number of alkyl halides is 2. The van der Waals surface area contributed by atoms with E-state index in [1.807, 2.05) is 20.0 Å². The van der Waals surface area contributed by atoms with E-state index in [2.05, 4.69) is 14.9 Å². The minimum atomic E-state index is -0.183. The number of hydrogen-bond donors (Lipinski definition) is 1. The number of nitrogens with one attached hydrogen (secondary N) is 1. The van der Waals surface area contributed by atoms with Crippen molar-refractivity contribution in [3.8, 4) is 0 Å². The fourth-order valence-corrected chi connectivity index (χ4v) is 1.72. The van der Waals surface area contributed by atoms with Gasteiger partial charge in [-0.15, -0.1) is 23.2 Å². The van der Waals surface area contributed by atoms with Gasteiger partial charge in [0, 0.05) is 42.8 Å². The predicted molar refractivity (Wildman–Crippen MR) is 64.8 cm³/mol. The largest absolute Gasteiger partial charge is 0.334 e. The number of aromatic nitrogens is 2. The Bertz CT molecular complexity index is 295. The van der Waals surface area contributed by atoms with Gasteiger partial charge in [-0.2, -0.15) is 0 Å². The molecule has 0 aliphatic heterocycles. The highest BCUT2D eigenvalue weighted by atomic mass is 35.5. The van der Waals surface area contributed by atoms with Gasteiger partial charge >= 0.3 is 0 Å². The fourth-order valence-electron chi connectivity index (χ4n) is 1.25. The van der Waals surface area contributed by atoms with Crippen LogP contribution in [0.4, 0.5) is 0 Å². The Balaban J connectivity index is 2.36. The first-order chi connectivity index (χ1) is 7.11. The van der Waals surface area contributed by atoms with E-state index in [4.69, 9.17) is 23.2 Å². The summed E-state index contributed by atoms with van der Waals surface area (Å²) in [4.78, 5) is 4.16. The summed E-state index contributed by atoms with van der Waals surface area (Å²) in [5, 5.41) is 3.35. The van der Waals surface area contributed by atoms with Gasteiger partial charge in [0.05, 0.1) is 0 Å². The lowest BCUT2D eigenvalue weighted by Gasteiger charge is -2.26. The number of halogens is 2. The third kappa shape index (κ3) is 3.67. The Morgan fingerprint density at radius 1 is 1.47 bits per heavy atom. The van der Waals surface area contributed by atoms with E-state index >= 15 is 0 Å². The molecule has 1 heterocycles. The molecule has 0 aliphatic rings. The molecule has 0 saturated heterocycles. The van der Waals surface area contributed by atoms with Crippen LogP contribution in [0.3, 0.4) is 0 Å². The second-order valence-electron chi connectivity index (χ2n) is 3.92. The van der Waals surface area contributed by atoms with Gasteiger partial charge in [0.1, 0.15) is 5.82 Å². The van der Waals surface area contributed by atoms with Crippen LogP contribution in [0, 0.1) is 6.92 Å². The van der Waals surface area contributed by atoms with Crippen LogP contribution >= 0.6 is 23.2 Å². The normalized spacial score (nSPS) is 12.0. The molecule has 0 aliphatic carbocycles. The van der Waals surface area contributed by atoms with Crippen molar-refractivity contribution in [2.75, 3.05) is 18.3 Å². The maximum Gasteiger partial charge on any atom is 0.105 e. The van der Waals surface area contributed by atoms with E-state index < -0.39 is 0 Å². The number of nitrogens with zero attached hydrogens (tertiary/aromatic N) is 2. The standard InChI is InChI=1S/C10H17Cl2N3/c1-9-13-3-5-15(9)6-4-14-10(2,7-11)8-12/h3,5,14H,4,6-8H2,1-2H3. The van der Waals surface area contributed by atoms with Crippen molar-refractivity contribution in [2.24, 2.45) is 0 Å². The maximum atomic E-state index is 5.83. The Labute approximate surface area is 101 Å². The molecule has 0 bridgehead atoms. The molecular formula is C10H17Cl2N3. The molecule has 0 atom stereocenters. The minimum Gasteiger partial charge on any atom is -0.334 e. The van der Waals surface area contributed by atoms with Crippen LogP contribution in [0.15, 0.2) is 12.4 Å². The molecule has 1 aromatic rings. The van der Waals surface area contributed by atoms with Crippen LogP contribution in [0.1, 0.15) is 12.7 Å². The summed E-state index contributed by atoms with van der Waals surface area (Å²) in [7, 11) is 0. The SMILES string of the molecule is Cc1nccn1CCNC(C)(CCl)CCl. The summed E-state index contributed by atoms with van der Waals surface area (Å²) >= 11 is 11.7. The van der Waals surface area contributed by atoms with Gasteiger partial charge in [-0.05, 0) is 13.8 Å². The highest BCUT2D eigenvalue weighted by Crippen LogP contribution is 2.08. The number of aryl methyl sites for hydroxylation is 1. The lowest BCUT2D eigenvalue weighted by atomic mass is 10.1. The molecule has 1 rings (SSSR count). The van der Waals surface area contributed by atoms with Crippen LogP contribution < -0.4 is 5.32 Å². The van der Waals surface area contributed by atoms with Gasteiger partial charge < -0.3 is 9.88 Å². The van der Waals surface area contributed by atoms with Crippen LogP contribution in [0.2, 0.25) is 0 Å². The minimum absolute atomic E-state index is 0.183. The van der Waals surface area contributed by atoms with Crippen molar-refractivity contribution in [2.45, 2.75) is 25.9 Å². The van der Waals surface area contributed by atoms with Crippen LogP contribution in [0.5, 0.6) is 0 Å². The Hall–Kier alpha value is -0.250. The quantitative estimate of drug-likeness (QED) is 0.783. The van der Waals surface area contributed by atoms with Crippen LogP contribution in [-0.4, -0.2) is 33.4 Å². The van der Waals surface area contributed by atoms with E-state index in [0.29, 0.717) is 11.8 Å². The molecule has 0 unspecified atom stereocenters. The van der Waals surface area contributed by atoms with Gasteiger partial charge in [-0.25, -0.2) is 4.98 Å². The van der Waals surface area contributed by atoms with Crippen molar-refractivity contribution >= 4 is 23.2 Å². The summed E-state index contributed by atoms with van der Waals surface area (Å²) in [6.07, 6.45) is 3.77. The fraction of sp³-hybridized carbons (Fsp3) is 0.700. The molecule has 1 N–H and O–H groups in total. The highest BCUT2D eigenvalue weighted by Gasteiger charge is 2.20. The van der Waals surface area contributed by atoms with Gasteiger partial charge in [0.15, 0.2) is 0 Å². The zero-order valence-corrected chi connectivity index (χ0v) is 10.6. The van der Waals surface area contributed by atoms with Gasteiger partial charge in [0.25, 0.3) is 0 Å². The third-order valence-electron chi connectivity index (χ3n) is 2.42. The predicted octanol–water partition coefficient (Wildman–Crippen LogP) is 2.02. The molecule has 0 fully saturated rings. The van der Waals surface area contributed by atoms with Crippen molar-refractivity contribution in [3.05, 3.63) is 18.2 Å². The van der Waals surface area contributed by atoms with E-state index in [-0.39, 0.29) is 5.54 Å². The first kappa shape index (κ1) is 12.8. The Morgan fingerprint density at radius 2 is 2.13 bits per heavy atom. The van der Waals surface area contributed by atoms with Gasteiger partial charge in [-0.1, -0.05) is 0 Å². The van der Waals surface area contributed by atoms with E-state index in [9.17, 15) is 0 Å². The zero-order valence-electron chi connectivity index (χ0n) is 9.13. The molecule has 0 aromatic carbocycles. The molecule has 86 valence electrons. The second-order valence-corrected chi connectivity index (χ2v) is 4.46. The summed E-state index contributed by atoms with van der Waals surface area (Å²) < 4.78 is 2.09. The number of rotatable bonds is 6. The zero-order chi connectivity index (χ0) is 11.3. The summed E-state index contributed by atoms with van der Waals surface area (Å²) in [6, 6.07) is 0. The van der Waals surface area contributed by atoms with E-state index in [1.54, 1.807) is 6.20 Å². The number of hydrogen-bond acceptors (Lipinski definition) is 2.